The Morgan fingerprint density at radius 3 is 2.52 bits per heavy atom. The van der Waals surface area contributed by atoms with Gasteiger partial charge in [-0.25, -0.2) is 0 Å². The van der Waals surface area contributed by atoms with Crippen LogP contribution in [0.1, 0.15) is 62.6 Å². The van der Waals surface area contributed by atoms with Gasteiger partial charge in [0.1, 0.15) is 5.75 Å². The van der Waals surface area contributed by atoms with Gasteiger partial charge in [0, 0.05) is 11.1 Å². The maximum absolute atomic E-state index is 6.89. The van der Waals surface area contributed by atoms with Gasteiger partial charge in [-0.3, -0.25) is 0 Å². The second-order valence-corrected chi connectivity index (χ2v) is 7.25. The van der Waals surface area contributed by atoms with Crippen LogP contribution in [-0.2, 0) is 5.54 Å². The maximum atomic E-state index is 6.89. The molecule has 0 bridgehead atoms. The first-order chi connectivity index (χ1) is 9.87. The zero-order chi connectivity index (χ0) is 15.6. The van der Waals surface area contributed by atoms with Crippen molar-refractivity contribution in [2.75, 3.05) is 7.11 Å². The highest BCUT2D eigenvalue weighted by molar-refractivity contribution is 5.47. The van der Waals surface area contributed by atoms with Gasteiger partial charge in [-0.1, -0.05) is 32.8 Å². The van der Waals surface area contributed by atoms with Gasteiger partial charge in [-0.15, -0.1) is 0 Å². The van der Waals surface area contributed by atoms with Crippen molar-refractivity contribution in [3.8, 4) is 5.75 Å². The summed E-state index contributed by atoms with van der Waals surface area (Å²) in [4.78, 5) is 0. The number of rotatable bonds is 3. The third kappa shape index (κ3) is 3.42. The SMILES string of the molecule is COc1cc(C)cc(C)c1C1(N)CCCC(C(C)C)CC1. The van der Waals surface area contributed by atoms with Gasteiger partial charge in [0.05, 0.1) is 7.11 Å². The molecule has 0 saturated heterocycles. The van der Waals surface area contributed by atoms with Crippen molar-refractivity contribution in [2.24, 2.45) is 17.6 Å². The molecule has 1 aromatic carbocycles. The van der Waals surface area contributed by atoms with E-state index in [9.17, 15) is 0 Å². The molecule has 1 aliphatic carbocycles. The minimum atomic E-state index is -0.229. The summed E-state index contributed by atoms with van der Waals surface area (Å²) >= 11 is 0. The molecule has 0 amide bonds. The van der Waals surface area contributed by atoms with Crippen LogP contribution in [0.4, 0.5) is 0 Å². The monoisotopic (exact) mass is 289 g/mol. The van der Waals surface area contributed by atoms with Crippen molar-refractivity contribution in [2.45, 2.75) is 65.3 Å². The van der Waals surface area contributed by atoms with Crippen LogP contribution < -0.4 is 10.5 Å². The average Bonchev–Trinajstić information content (AvgIpc) is 2.60. The summed E-state index contributed by atoms with van der Waals surface area (Å²) in [6, 6.07) is 4.36. The molecule has 1 fully saturated rings. The van der Waals surface area contributed by atoms with Crippen molar-refractivity contribution in [3.63, 3.8) is 0 Å². The summed E-state index contributed by atoms with van der Waals surface area (Å²) in [7, 11) is 1.76. The molecule has 1 saturated carbocycles. The van der Waals surface area contributed by atoms with E-state index >= 15 is 0 Å². The topological polar surface area (TPSA) is 35.2 Å². The minimum absolute atomic E-state index is 0.229. The van der Waals surface area contributed by atoms with Crippen LogP contribution in [0, 0.1) is 25.7 Å². The molecule has 0 radical (unpaired) electrons. The van der Waals surface area contributed by atoms with E-state index in [1.807, 2.05) is 0 Å². The number of hydrogen-bond donors (Lipinski definition) is 1. The van der Waals surface area contributed by atoms with Gasteiger partial charge in [0.25, 0.3) is 0 Å². The number of ether oxygens (including phenoxy) is 1. The molecule has 2 nitrogen and oxygen atoms in total. The van der Waals surface area contributed by atoms with E-state index in [1.54, 1.807) is 7.11 Å². The van der Waals surface area contributed by atoms with Crippen molar-refractivity contribution >= 4 is 0 Å². The fourth-order valence-corrected chi connectivity index (χ4v) is 4.04. The van der Waals surface area contributed by atoms with Crippen molar-refractivity contribution in [1.29, 1.82) is 0 Å². The summed E-state index contributed by atoms with van der Waals surface area (Å²) in [6.45, 7) is 8.96. The van der Waals surface area contributed by atoms with Gasteiger partial charge in [-0.05, 0) is 62.1 Å². The van der Waals surface area contributed by atoms with E-state index < -0.39 is 0 Å². The Labute approximate surface area is 130 Å². The lowest BCUT2D eigenvalue weighted by atomic mass is 9.79. The Hall–Kier alpha value is -1.02. The molecule has 2 heteroatoms. The standard InChI is InChI=1S/C19H31NO/c1-13(2)16-7-6-9-19(20,10-8-16)18-15(4)11-14(3)12-17(18)21-5/h11-13,16H,6-10,20H2,1-5H3. The summed E-state index contributed by atoms with van der Waals surface area (Å²) in [5, 5.41) is 0. The number of methoxy groups -OCH3 is 1. The van der Waals surface area contributed by atoms with E-state index in [2.05, 4.69) is 39.8 Å². The largest absolute Gasteiger partial charge is 0.496 e. The second kappa shape index (κ2) is 6.39. The molecule has 0 spiro atoms. The van der Waals surface area contributed by atoms with Crippen LogP contribution in [0.15, 0.2) is 12.1 Å². The number of aryl methyl sites for hydroxylation is 2. The van der Waals surface area contributed by atoms with Crippen LogP contribution in [-0.4, -0.2) is 7.11 Å². The van der Waals surface area contributed by atoms with Gasteiger partial charge < -0.3 is 10.5 Å². The molecule has 118 valence electrons. The molecule has 2 N–H and O–H groups in total. The highest BCUT2D eigenvalue weighted by Crippen LogP contribution is 2.43. The van der Waals surface area contributed by atoms with Crippen LogP contribution in [0.5, 0.6) is 5.75 Å². The Bertz CT molecular complexity index is 495. The third-order valence-electron chi connectivity index (χ3n) is 5.26. The van der Waals surface area contributed by atoms with Crippen molar-refractivity contribution < 1.29 is 4.74 Å². The van der Waals surface area contributed by atoms with Gasteiger partial charge >= 0.3 is 0 Å². The number of hydrogen-bond acceptors (Lipinski definition) is 2. The first-order valence-corrected chi connectivity index (χ1v) is 8.32. The molecular formula is C19H31NO. The average molecular weight is 289 g/mol. The summed E-state index contributed by atoms with van der Waals surface area (Å²) < 4.78 is 5.66. The molecule has 2 rings (SSSR count). The zero-order valence-corrected chi connectivity index (χ0v) is 14.3. The van der Waals surface area contributed by atoms with Crippen LogP contribution in [0.3, 0.4) is 0 Å². The second-order valence-electron chi connectivity index (χ2n) is 7.25. The lowest BCUT2D eigenvalue weighted by molar-refractivity contribution is 0.317. The quantitative estimate of drug-likeness (QED) is 0.818. The van der Waals surface area contributed by atoms with E-state index in [-0.39, 0.29) is 5.54 Å². The van der Waals surface area contributed by atoms with Gasteiger partial charge in [-0.2, -0.15) is 0 Å². The van der Waals surface area contributed by atoms with Crippen molar-refractivity contribution in [1.82, 2.24) is 0 Å². The molecule has 2 unspecified atom stereocenters. The highest BCUT2D eigenvalue weighted by atomic mass is 16.5. The van der Waals surface area contributed by atoms with E-state index in [4.69, 9.17) is 10.5 Å². The van der Waals surface area contributed by atoms with E-state index in [1.165, 1.54) is 36.0 Å². The van der Waals surface area contributed by atoms with Crippen LogP contribution >= 0.6 is 0 Å². The summed E-state index contributed by atoms with van der Waals surface area (Å²) in [5.74, 6) is 2.54. The number of nitrogens with two attached hydrogens (primary N) is 1. The highest BCUT2D eigenvalue weighted by Gasteiger charge is 2.35. The fraction of sp³-hybridized carbons (Fsp3) is 0.684. The fourth-order valence-electron chi connectivity index (χ4n) is 4.04. The zero-order valence-electron chi connectivity index (χ0n) is 14.3. The molecule has 1 aromatic rings. The van der Waals surface area contributed by atoms with E-state index in [0.29, 0.717) is 0 Å². The van der Waals surface area contributed by atoms with Gasteiger partial charge in [0.15, 0.2) is 0 Å². The Morgan fingerprint density at radius 2 is 1.90 bits per heavy atom. The van der Waals surface area contributed by atoms with Crippen LogP contribution in [0.2, 0.25) is 0 Å². The summed E-state index contributed by atoms with van der Waals surface area (Å²) in [6.07, 6.45) is 5.89. The molecule has 0 aromatic heterocycles. The molecule has 1 aliphatic rings. The maximum Gasteiger partial charge on any atom is 0.124 e. The lowest BCUT2D eigenvalue weighted by Gasteiger charge is -2.32. The molecular weight excluding hydrogens is 258 g/mol. The first-order valence-electron chi connectivity index (χ1n) is 8.32. The molecule has 2 atom stereocenters. The smallest absolute Gasteiger partial charge is 0.124 e. The van der Waals surface area contributed by atoms with Crippen molar-refractivity contribution in [3.05, 3.63) is 28.8 Å². The van der Waals surface area contributed by atoms with E-state index in [0.717, 1.165) is 30.4 Å². The Morgan fingerprint density at radius 1 is 1.19 bits per heavy atom. The third-order valence-corrected chi connectivity index (χ3v) is 5.26. The molecule has 0 aliphatic heterocycles. The number of benzene rings is 1. The van der Waals surface area contributed by atoms with Gasteiger partial charge in [0.2, 0.25) is 0 Å². The predicted octanol–water partition coefficient (Wildman–Crippen LogP) is 4.70. The lowest BCUT2D eigenvalue weighted by Crippen LogP contribution is -2.37. The molecule has 21 heavy (non-hydrogen) atoms. The normalized spacial score (nSPS) is 26.7. The minimum Gasteiger partial charge on any atom is -0.496 e. The Balaban J connectivity index is 2.36. The first kappa shape index (κ1) is 16.4. The summed E-state index contributed by atoms with van der Waals surface area (Å²) in [5.41, 5.74) is 10.4. The molecule has 0 heterocycles. The Kier molecular flexibility index (Phi) is 4.98. The van der Waals surface area contributed by atoms with Crippen LogP contribution in [0.25, 0.3) is 0 Å². The predicted molar refractivity (Wildman–Crippen MR) is 89.7 cm³/mol.